The van der Waals surface area contributed by atoms with Gasteiger partial charge in [0.15, 0.2) is 17.5 Å². The summed E-state index contributed by atoms with van der Waals surface area (Å²) in [5.74, 6) is 1.87. The topological polar surface area (TPSA) is 51.8 Å². The van der Waals surface area contributed by atoms with Crippen molar-refractivity contribution in [3.63, 3.8) is 0 Å². The molecule has 0 radical (unpaired) electrons. The fraction of sp³-hybridized carbons (Fsp3) is 0. The first-order chi connectivity index (χ1) is 29.2. The summed E-state index contributed by atoms with van der Waals surface area (Å²) in [5.41, 5.74) is 9.15. The number of rotatable bonds is 5. The minimum absolute atomic E-state index is 0.623. The molecule has 2 heterocycles. The van der Waals surface area contributed by atoms with Gasteiger partial charge in [-0.05, 0) is 95.7 Å². The van der Waals surface area contributed by atoms with Gasteiger partial charge in [-0.15, -0.1) is 0 Å². The highest BCUT2D eigenvalue weighted by atomic mass is 16.3. The molecule has 0 aliphatic carbocycles. The van der Waals surface area contributed by atoms with E-state index >= 15 is 0 Å². The highest BCUT2D eigenvalue weighted by Gasteiger charge is 2.19. The summed E-state index contributed by atoms with van der Waals surface area (Å²) in [7, 11) is 0. The summed E-state index contributed by atoms with van der Waals surface area (Å²) in [5, 5.41) is 11.5. The lowest BCUT2D eigenvalue weighted by Gasteiger charge is -2.14. The molecule has 4 nitrogen and oxygen atoms in total. The summed E-state index contributed by atoms with van der Waals surface area (Å²) in [6, 6.07) is 70.5. The zero-order valence-electron chi connectivity index (χ0n) is 31.8. The molecule has 0 aliphatic heterocycles. The smallest absolute Gasteiger partial charge is 0.164 e. The molecule has 12 rings (SSSR count). The van der Waals surface area contributed by atoms with Gasteiger partial charge in [0.1, 0.15) is 11.2 Å². The molecular formula is C55H33N3O. The zero-order valence-corrected chi connectivity index (χ0v) is 31.8. The van der Waals surface area contributed by atoms with Crippen LogP contribution in [0.1, 0.15) is 0 Å². The average Bonchev–Trinajstić information content (AvgIpc) is 3.67. The van der Waals surface area contributed by atoms with Crippen molar-refractivity contribution in [2.45, 2.75) is 0 Å². The van der Waals surface area contributed by atoms with Crippen LogP contribution in [0.25, 0.3) is 121 Å². The van der Waals surface area contributed by atoms with Gasteiger partial charge in [0, 0.05) is 27.5 Å². The first-order valence-corrected chi connectivity index (χ1v) is 19.9. The number of hydrogen-bond donors (Lipinski definition) is 0. The number of fused-ring (bicyclic) bond motifs is 7. The molecule has 4 heteroatoms. The Balaban J connectivity index is 1.03. The molecule has 0 N–H and O–H groups in total. The van der Waals surface area contributed by atoms with Crippen LogP contribution < -0.4 is 0 Å². The van der Waals surface area contributed by atoms with Crippen molar-refractivity contribution in [2.75, 3.05) is 0 Å². The van der Waals surface area contributed by atoms with Crippen LogP contribution in [0.15, 0.2) is 205 Å². The fourth-order valence-corrected chi connectivity index (χ4v) is 8.82. The molecule has 0 fully saturated rings. The van der Waals surface area contributed by atoms with E-state index in [0.717, 1.165) is 76.9 Å². The van der Waals surface area contributed by atoms with E-state index < -0.39 is 0 Å². The van der Waals surface area contributed by atoms with Gasteiger partial charge in [0.05, 0.1) is 0 Å². The third-order valence-electron chi connectivity index (χ3n) is 11.7. The Morgan fingerprint density at radius 3 is 1.61 bits per heavy atom. The maximum Gasteiger partial charge on any atom is 0.164 e. The predicted octanol–water partition coefficient (Wildman–Crippen LogP) is 14.7. The van der Waals surface area contributed by atoms with Crippen molar-refractivity contribution >= 4 is 65.0 Å². The van der Waals surface area contributed by atoms with Crippen LogP contribution in [0.3, 0.4) is 0 Å². The van der Waals surface area contributed by atoms with Crippen molar-refractivity contribution in [1.82, 2.24) is 15.0 Å². The molecule has 59 heavy (non-hydrogen) atoms. The number of aromatic nitrogens is 3. The first-order valence-electron chi connectivity index (χ1n) is 19.9. The van der Waals surface area contributed by atoms with E-state index in [1.807, 2.05) is 0 Å². The molecule has 0 atom stereocenters. The van der Waals surface area contributed by atoms with Crippen molar-refractivity contribution in [2.24, 2.45) is 0 Å². The van der Waals surface area contributed by atoms with Crippen molar-refractivity contribution < 1.29 is 4.42 Å². The largest absolute Gasteiger partial charge is 0.456 e. The van der Waals surface area contributed by atoms with Crippen LogP contribution in [-0.2, 0) is 0 Å². The molecule has 0 saturated heterocycles. The van der Waals surface area contributed by atoms with Crippen LogP contribution in [-0.4, -0.2) is 15.0 Å². The predicted molar refractivity (Wildman–Crippen MR) is 244 cm³/mol. The molecule has 2 aromatic heterocycles. The summed E-state index contributed by atoms with van der Waals surface area (Å²) in [6.45, 7) is 0. The second-order valence-electron chi connectivity index (χ2n) is 15.2. The van der Waals surface area contributed by atoms with E-state index in [0.29, 0.717) is 17.5 Å². The molecule has 0 amide bonds. The quantitative estimate of drug-likeness (QED) is 0.176. The van der Waals surface area contributed by atoms with E-state index in [9.17, 15) is 0 Å². The van der Waals surface area contributed by atoms with E-state index in [1.54, 1.807) is 0 Å². The maximum absolute atomic E-state index is 6.49. The van der Waals surface area contributed by atoms with Gasteiger partial charge in [-0.25, -0.2) is 15.0 Å². The van der Waals surface area contributed by atoms with Gasteiger partial charge in [0.25, 0.3) is 0 Å². The second-order valence-corrected chi connectivity index (χ2v) is 15.2. The third kappa shape index (κ3) is 5.57. The van der Waals surface area contributed by atoms with E-state index in [4.69, 9.17) is 19.4 Å². The highest BCUT2D eigenvalue weighted by Crippen LogP contribution is 2.42. The van der Waals surface area contributed by atoms with Gasteiger partial charge in [-0.2, -0.15) is 0 Å². The summed E-state index contributed by atoms with van der Waals surface area (Å²) in [6.07, 6.45) is 0. The van der Waals surface area contributed by atoms with E-state index in [-0.39, 0.29) is 0 Å². The molecule has 10 aromatic carbocycles. The van der Waals surface area contributed by atoms with E-state index in [1.165, 1.54) is 27.1 Å². The van der Waals surface area contributed by atoms with Crippen LogP contribution in [0.5, 0.6) is 0 Å². The molecule has 0 unspecified atom stereocenters. The number of furan rings is 1. The second kappa shape index (κ2) is 13.3. The van der Waals surface area contributed by atoms with Crippen LogP contribution >= 0.6 is 0 Å². The van der Waals surface area contributed by atoms with Crippen molar-refractivity contribution in [3.05, 3.63) is 200 Å². The van der Waals surface area contributed by atoms with Crippen LogP contribution in [0.4, 0.5) is 0 Å². The van der Waals surface area contributed by atoms with Gasteiger partial charge in [-0.3, -0.25) is 0 Å². The van der Waals surface area contributed by atoms with Crippen molar-refractivity contribution in [1.29, 1.82) is 0 Å². The number of nitrogens with zero attached hydrogens (tertiary/aromatic N) is 3. The van der Waals surface area contributed by atoms with Gasteiger partial charge in [-0.1, -0.05) is 170 Å². The molecule has 12 aromatic rings. The number of benzene rings is 10. The first kappa shape index (κ1) is 33.2. The molecule has 0 bridgehead atoms. The lowest BCUT2D eigenvalue weighted by atomic mass is 9.92. The highest BCUT2D eigenvalue weighted by molar-refractivity contribution is 6.18. The maximum atomic E-state index is 6.49. The molecule has 0 aliphatic rings. The summed E-state index contributed by atoms with van der Waals surface area (Å²) in [4.78, 5) is 15.6. The zero-order chi connectivity index (χ0) is 38.9. The van der Waals surface area contributed by atoms with Crippen molar-refractivity contribution in [3.8, 4) is 56.4 Å². The minimum Gasteiger partial charge on any atom is -0.456 e. The standard InChI is InChI=1S/C55H33N3O/c1-2-13-38-31-41(28-23-34(38)11-1)54-56-53(37-26-24-36(25-27-37)43-20-9-16-35-12-5-6-17-42(35)43)57-55(58-54)48-30-29-46(44-18-7-8-19-45(44)48)47-21-10-22-50-52(47)49-32-39-14-3-4-15-40(39)33-51(49)59-50/h1-33H. The van der Waals surface area contributed by atoms with Crippen LogP contribution in [0, 0.1) is 0 Å². The Morgan fingerprint density at radius 1 is 0.271 bits per heavy atom. The lowest BCUT2D eigenvalue weighted by Crippen LogP contribution is -2.01. The van der Waals surface area contributed by atoms with Gasteiger partial charge < -0.3 is 4.42 Å². The normalized spacial score (nSPS) is 11.7. The van der Waals surface area contributed by atoms with E-state index in [2.05, 4.69) is 200 Å². The monoisotopic (exact) mass is 751 g/mol. The molecule has 0 spiro atoms. The van der Waals surface area contributed by atoms with Gasteiger partial charge in [0.2, 0.25) is 0 Å². The Hall–Kier alpha value is -7.95. The Kier molecular flexibility index (Phi) is 7.50. The Labute approximate surface area is 339 Å². The summed E-state index contributed by atoms with van der Waals surface area (Å²) >= 11 is 0. The molecule has 274 valence electrons. The lowest BCUT2D eigenvalue weighted by molar-refractivity contribution is 0.669. The fourth-order valence-electron chi connectivity index (χ4n) is 8.82. The Bertz CT molecular complexity index is 3620. The SMILES string of the molecule is c1ccc2cc(-c3nc(-c4ccc(-c5cccc6ccccc56)cc4)nc(-c4ccc(-c5cccc6oc7cc8ccccc8cc7c56)c5ccccc45)n3)ccc2c1. The average molecular weight is 752 g/mol. The molecular weight excluding hydrogens is 719 g/mol. The van der Waals surface area contributed by atoms with Gasteiger partial charge >= 0.3 is 0 Å². The summed E-state index contributed by atoms with van der Waals surface area (Å²) < 4.78 is 6.49. The Morgan fingerprint density at radius 2 is 0.814 bits per heavy atom. The number of hydrogen-bond acceptors (Lipinski definition) is 4. The van der Waals surface area contributed by atoms with Crippen LogP contribution in [0.2, 0.25) is 0 Å². The minimum atomic E-state index is 0.623. The molecule has 0 saturated carbocycles. The third-order valence-corrected chi connectivity index (χ3v) is 11.7.